The fourth-order valence-electron chi connectivity index (χ4n) is 1.94. The smallest absolute Gasteiger partial charge is 0.332 e. The quantitative estimate of drug-likeness (QED) is 0.873. The Morgan fingerprint density at radius 3 is 2.60 bits per heavy atom. The van der Waals surface area contributed by atoms with Crippen LogP contribution in [0, 0.1) is 6.92 Å². The van der Waals surface area contributed by atoms with Crippen molar-refractivity contribution in [2.75, 3.05) is 19.6 Å². The second kappa shape index (κ2) is 7.28. The Labute approximate surface area is 116 Å². The van der Waals surface area contributed by atoms with E-state index in [4.69, 9.17) is 5.73 Å². The molecule has 112 valence electrons. The molecule has 0 unspecified atom stereocenters. The first-order valence-corrected chi connectivity index (χ1v) is 6.42. The number of hydrogen-bond donors (Lipinski definition) is 1. The van der Waals surface area contributed by atoms with E-state index in [1.54, 1.807) is 0 Å². The zero-order valence-electron chi connectivity index (χ0n) is 11.4. The summed E-state index contributed by atoms with van der Waals surface area (Å²) in [7, 11) is 0. The number of halogens is 3. The van der Waals surface area contributed by atoms with E-state index in [2.05, 4.69) is 0 Å². The second-order valence-corrected chi connectivity index (χ2v) is 4.71. The van der Waals surface area contributed by atoms with Crippen LogP contribution < -0.4 is 5.73 Å². The van der Waals surface area contributed by atoms with Gasteiger partial charge in [0.1, 0.15) is 6.54 Å². The van der Waals surface area contributed by atoms with Gasteiger partial charge in [0.15, 0.2) is 0 Å². The Morgan fingerprint density at radius 1 is 1.35 bits per heavy atom. The normalized spacial score (nSPS) is 11.4. The van der Waals surface area contributed by atoms with Gasteiger partial charge in [-0.2, -0.15) is 13.2 Å². The van der Waals surface area contributed by atoms with Crippen molar-refractivity contribution in [1.29, 1.82) is 0 Å². The maximum atomic E-state index is 12.4. The molecule has 6 heteroatoms. The third-order valence-corrected chi connectivity index (χ3v) is 2.83. The third-order valence-electron chi connectivity index (χ3n) is 2.83. The summed E-state index contributed by atoms with van der Waals surface area (Å²) in [5.74, 6) is -0.519. The van der Waals surface area contributed by atoms with Gasteiger partial charge in [0.25, 0.3) is 0 Å². The van der Waals surface area contributed by atoms with Gasteiger partial charge in [-0.3, -0.25) is 4.79 Å². The van der Waals surface area contributed by atoms with Crippen LogP contribution in [0.4, 0.5) is 13.2 Å². The molecule has 1 rings (SSSR count). The van der Waals surface area contributed by atoms with Gasteiger partial charge in [0, 0.05) is 19.5 Å². The minimum atomic E-state index is -4.39. The van der Waals surface area contributed by atoms with Crippen LogP contribution in [-0.4, -0.2) is 36.6 Å². The molecule has 0 saturated carbocycles. The number of amides is 1. The van der Waals surface area contributed by atoms with Crippen LogP contribution >= 0.6 is 0 Å². The van der Waals surface area contributed by atoms with Crippen LogP contribution in [0.15, 0.2) is 24.3 Å². The molecule has 1 aromatic rings. The average Bonchev–Trinajstić information content (AvgIpc) is 2.34. The number of alkyl halides is 3. The largest absolute Gasteiger partial charge is 0.406 e. The lowest BCUT2D eigenvalue weighted by Gasteiger charge is -2.23. The van der Waals surface area contributed by atoms with E-state index in [1.807, 2.05) is 31.2 Å². The topological polar surface area (TPSA) is 46.3 Å². The number of aryl methyl sites for hydroxylation is 2. The average molecular weight is 288 g/mol. The highest BCUT2D eigenvalue weighted by atomic mass is 19.4. The molecule has 0 aliphatic carbocycles. The van der Waals surface area contributed by atoms with E-state index < -0.39 is 18.6 Å². The first-order valence-electron chi connectivity index (χ1n) is 6.42. The van der Waals surface area contributed by atoms with Crippen molar-refractivity contribution in [2.24, 2.45) is 5.73 Å². The molecule has 1 aromatic carbocycles. The fraction of sp³-hybridized carbons (Fsp3) is 0.500. The zero-order valence-corrected chi connectivity index (χ0v) is 11.4. The number of hydrogen-bond acceptors (Lipinski definition) is 2. The number of carbonyl (C=O) groups excluding carboxylic acids is 1. The number of carbonyl (C=O) groups is 1. The molecule has 2 N–H and O–H groups in total. The highest BCUT2D eigenvalue weighted by Crippen LogP contribution is 2.17. The van der Waals surface area contributed by atoms with Crippen LogP contribution in [0.2, 0.25) is 0 Å². The summed E-state index contributed by atoms with van der Waals surface area (Å²) in [5.41, 5.74) is 7.25. The minimum Gasteiger partial charge on any atom is -0.332 e. The van der Waals surface area contributed by atoms with Gasteiger partial charge in [-0.25, -0.2) is 0 Å². The number of benzene rings is 1. The van der Waals surface area contributed by atoms with Crippen molar-refractivity contribution in [1.82, 2.24) is 4.90 Å². The highest BCUT2D eigenvalue weighted by molar-refractivity contribution is 5.76. The van der Waals surface area contributed by atoms with Gasteiger partial charge >= 0.3 is 6.18 Å². The molecule has 0 aliphatic heterocycles. The summed E-state index contributed by atoms with van der Waals surface area (Å²) < 4.78 is 37.1. The molecule has 3 nitrogen and oxygen atoms in total. The van der Waals surface area contributed by atoms with Crippen molar-refractivity contribution >= 4 is 5.91 Å². The molecular formula is C14H19F3N2O. The Bertz CT molecular complexity index is 446. The fourth-order valence-corrected chi connectivity index (χ4v) is 1.94. The molecule has 20 heavy (non-hydrogen) atoms. The summed E-state index contributed by atoms with van der Waals surface area (Å²) in [6.07, 6.45) is -3.91. The van der Waals surface area contributed by atoms with Gasteiger partial charge < -0.3 is 10.6 Å². The zero-order chi connectivity index (χ0) is 15.2. The van der Waals surface area contributed by atoms with E-state index in [1.165, 1.54) is 0 Å². The minimum absolute atomic E-state index is 0.0201. The lowest BCUT2D eigenvalue weighted by Crippen LogP contribution is -2.41. The number of rotatable bonds is 6. The Kier molecular flexibility index (Phi) is 6.01. The molecule has 0 aromatic heterocycles. The van der Waals surface area contributed by atoms with Crippen molar-refractivity contribution in [3.05, 3.63) is 35.4 Å². The molecule has 0 spiro atoms. The van der Waals surface area contributed by atoms with Crippen LogP contribution in [0.5, 0.6) is 0 Å². The summed E-state index contributed by atoms with van der Waals surface area (Å²) in [5, 5.41) is 0. The molecule has 1 amide bonds. The molecule has 0 saturated heterocycles. The van der Waals surface area contributed by atoms with Gasteiger partial charge in [-0.05, 0) is 18.9 Å². The summed E-state index contributed by atoms with van der Waals surface area (Å²) in [6, 6.07) is 7.57. The van der Waals surface area contributed by atoms with E-state index >= 15 is 0 Å². The van der Waals surface area contributed by atoms with Crippen LogP contribution in [0.25, 0.3) is 0 Å². The molecule has 0 bridgehead atoms. The molecule has 0 heterocycles. The molecule has 0 fully saturated rings. The van der Waals surface area contributed by atoms with E-state index in [0.717, 1.165) is 16.0 Å². The molecular weight excluding hydrogens is 269 g/mol. The Hall–Kier alpha value is -1.56. The predicted octanol–water partition coefficient (Wildman–Crippen LogP) is 2.28. The third kappa shape index (κ3) is 6.06. The van der Waals surface area contributed by atoms with E-state index in [9.17, 15) is 18.0 Å². The van der Waals surface area contributed by atoms with Crippen molar-refractivity contribution in [2.45, 2.75) is 25.9 Å². The summed E-state index contributed by atoms with van der Waals surface area (Å²) in [6.45, 7) is 0.630. The Morgan fingerprint density at radius 2 is 2.05 bits per heavy atom. The molecule has 0 radical (unpaired) electrons. The van der Waals surface area contributed by atoms with Gasteiger partial charge in [0.05, 0.1) is 0 Å². The Balaban J connectivity index is 2.58. The summed E-state index contributed by atoms with van der Waals surface area (Å²) in [4.78, 5) is 12.6. The van der Waals surface area contributed by atoms with Crippen molar-refractivity contribution in [3.63, 3.8) is 0 Å². The second-order valence-electron chi connectivity index (χ2n) is 4.71. The van der Waals surface area contributed by atoms with Crippen molar-refractivity contribution < 1.29 is 18.0 Å². The lowest BCUT2D eigenvalue weighted by molar-refractivity contribution is -0.160. The first-order chi connectivity index (χ1) is 9.31. The van der Waals surface area contributed by atoms with E-state index in [0.29, 0.717) is 6.42 Å². The molecule has 0 aliphatic rings. The lowest BCUT2D eigenvalue weighted by atomic mass is 10.1. The SMILES string of the molecule is Cc1cccc(CCC(=O)N(CCN)CC(F)(F)F)c1. The highest BCUT2D eigenvalue weighted by Gasteiger charge is 2.32. The van der Waals surface area contributed by atoms with Crippen molar-refractivity contribution in [3.8, 4) is 0 Å². The summed E-state index contributed by atoms with van der Waals surface area (Å²) >= 11 is 0. The van der Waals surface area contributed by atoms with Crippen LogP contribution in [0.3, 0.4) is 0 Å². The standard InChI is InChI=1S/C14H19F3N2O/c1-11-3-2-4-12(9-11)5-6-13(20)19(8-7-18)10-14(15,16)17/h2-4,9H,5-8,10,18H2,1H3. The molecule has 0 atom stereocenters. The monoisotopic (exact) mass is 288 g/mol. The van der Waals surface area contributed by atoms with Gasteiger partial charge in [0.2, 0.25) is 5.91 Å². The number of nitrogens with two attached hydrogens (primary N) is 1. The van der Waals surface area contributed by atoms with Crippen LogP contribution in [-0.2, 0) is 11.2 Å². The van der Waals surface area contributed by atoms with Crippen LogP contribution in [0.1, 0.15) is 17.5 Å². The predicted molar refractivity (Wildman–Crippen MR) is 71.2 cm³/mol. The van der Waals surface area contributed by atoms with E-state index in [-0.39, 0.29) is 19.5 Å². The van der Waals surface area contributed by atoms with Gasteiger partial charge in [-0.15, -0.1) is 0 Å². The first kappa shape index (κ1) is 16.5. The maximum Gasteiger partial charge on any atom is 0.406 e. The number of nitrogens with zero attached hydrogens (tertiary/aromatic N) is 1. The van der Waals surface area contributed by atoms with Gasteiger partial charge in [-0.1, -0.05) is 29.8 Å². The maximum absolute atomic E-state index is 12.4.